The Morgan fingerprint density at radius 1 is 1.22 bits per heavy atom. The summed E-state index contributed by atoms with van der Waals surface area (Å²) in [6.07, 6.45) is 2.72. The Morgan fingerprint density at radius 2 is 2.00 bits per heavy atom. The summed E-state index contributed by atoms with van der Waals surface area (Å²) in [6, 6.07) is 5.94. The normalized spacial score (nSPS) is 20.4. The van der Waals surface area contributed by atoms with E-state index in [1.165, 1.54) is 0 Å². The average molecular weight is 370 g/mol. The molecule has 7 heteroatoms. The predicted octanol–water partition coefficient (Wildman–Crippen LogP) is 1.52. The van der Waals surface area contributed by atoms with Gasteiger partial charge in [-0.3, -0.25) is 9.59 Å². The summed E-state index contributed by atoms with van der Waals surface area (Å²) in [5.74, 6) is 1.14. The van der Waals surface area contributed by atoms with Crippen LogP contribution in [0.1, 0.15) is 31.2 Å². The Balaban J connectivity index is 1.33. The molecule has 2 aliphatic rings. The minimum Gasteiger partial charge on any atom is -0.368 e. The van der Waals surface area contributed by atoms with Crippen molar-refractivity contribution in [3.8, 4) is 0 Å². The van der Waals surface area contributed by atoms with E-state index in [0.717, 1.165) is 41.7 Å². The van der Waals surface area contributed by atoms with Gasteiger partial charge in [0.15, 0.2) is 0 Å². The van der Waals surface area contributed by atoms with Gasteiger partial charge >= 0.3 is 0 Å². The smallest absolute Gasteiger partial charge is 0.251 e. The Hall–Kier alpha value is -2.41. The number of aryl methyl sites for hydroxylation is 1. The molecule has 27 heavy (non-hydrogen) atoms. The zero-order chi connectivity index (χ0) is 18.8. The van der Waals surface area contributed by atoms with Gasteiger partial charge in [-0.2, -0.15) is 0 Å². The van der Waals surface area contributed by atoms with Gasteiger partial charge in [0.25, 0.3) is 5.91 Å². The predicted molar refractivity (Wildman–Crippen MR) is 101 cm³/mol. The van der Waals surface area contributed by atoms with Crippen LogP contribution >= 0.6 is 0 Å². The van der Waals surface area contributed by atoms with Gasteiger partial charge in [-0.25, -0.2) is 4.98 Å². The van der Waals surface area contributed by atoms with E-state index in [9.17, 15) is 9.59 Å². The number of fused-ring (bicyclic) bond motifs is 1. The molecule has 1 atom stereocenters. The zero-order valence-electron chi connectivity index (χ0n) is 15.7. The highest BCUT2D eigenvalue weighted by atomic mass is 16.5. The lowest BCUT2D eigenvalue weighted by Gasteiger charge is -2.35. The van der Waals surface area contributed by atoms with E-state index in [-0.39, 0.29) is 17.9 Å². The number of benzene rings is 1. The number of rotatable bonds is 4. The molecule has 4 rings (SSSR count). The quantitative estimate of drug-likeness (QED) is 0.885. The molecule has 0 spiro atoms. The van der Waals surface area contributed by atoms with Crippen LogP contribution in [0.25, 0.3) is 11.0 Å². The van der Waals surface area contributed by atoms with Gasteiger partial charge in [0.1, 0.15) is 11.9 Å². The first-order valence-corrected chi connectivity index (χ1v) is 9.79. The minimum atomic E-state index is -0.276. The molecule has 0 aliphatic carbocycles. The largest absolute Gasteiger partial charge is 0.368 e. The van der Waals surface area contributed by atoms with Crippen molar-refractivity contribution in [2.45, 2.75) is 38.7 Å². The van der Waals surface area contributed by atoms with Crippen LogP contribution in [0.5, 0.6) is 0 Å². The fraction of sp³-hybridized carbons (Fsp3) is 0.550. The third kappa shape index (κ3) is 3.83. The van der Waals surface area contributed by atoms with E-state index in [4.69, 9.17) is 4.74 Å². The molecule has 1 unspecified atom stereocenters. The van der Waals surface area contributed by atoms with Crippen LogP contribution in [-0.2, 0) is 27.2 Å². The molecule has 0 bridgehead atoms. The minimum absolute atomic E-state index is 0.0797. The number of hydrogen-bond acceptors (Lipinski definition) is 4. The Kier molecular flexibility index (Phi) is 5.11. The van der Waals surface area contributed by atoms with Crippen LogP contribution in [-0.4, -0.2) is 70.5 Å². The summed E-state index contributed by atoms with van der Waals surface area (Å²) >= 11 is 0. The highest BCUT2D eigenvalue weighted by molar-refractivity contribution is 5.83. The van der Waals surface area contributed by atoms with E-state index in [0.29, 0.717) is 39.2 Å². The van der Waals surface area contributed by atoms with Gasteiger partial charge in [-0.15, -0.1) is 0 Å². The zero-order valence-corrected chi connectivity index (χ0v) is 15.7. The third-order valence-electron chi connectivity index (χ3n) is 5.43. The number of H-pyrrole nitrogens is 1. The summed E-state index contributed by atoms with van der Waals surface area (Å²) < 4.78 is 5.49. The maximum absolute atomic E-state index is 12.7. The van der Waals surface area contributed by atoms with Crippen LogP contribution in [0.2, 0.25) is 0 Å². The van der Waals surface area contributed by atoms with E-state index in [2.05, 4.69) is 16.9 Å². The summed E-state index contributed by atoms with van der Waals surface area (Å²) in [7, 11) is 0. The molecule has 2 saturated heterocycles. The van der Waals surface area contributed by atoms with Gasteiger partial charge in [0, 0.05) is 39.2 Å². The second-order valence-corrected chi connectivity index (χ2v) is 7.27. The Labute approximate surface area is 158 Å². The number of hydrogen-bond donors (Lipinski definition) is 1. The first-order chi connectivity index (χ1) is 13.1. The molecule has 3 heterocycles. The monoisotopic (exact) mass is 370 g/mol. The van der Waals surface area contributed by atoms with E-state index < -0.39 is 0 Å². The number of imidazole rings is 1. The summed E-state index contributed by atoms with van der Waals surface area (Å²) in [4.78, 5) is 36.6. The topological polar surface area (TPSA) is 78.5 Å². The van der Waals surface area contributed by atoms with Crippen molar-refractivity contribution in [1.82, 2.24) is 19.8 Å². The second kappa shape index (κ2) is 7.68. The first-order valence-electron chi connectivity index (χ1n) is 9.79. The number of piperazine rings is 1. The van der Waals surface area contributed by atoms with Crippen LogP contribution in [0.4, 0.5) is 0 Å². The molecule has 2 aromatic rings. The Morgan fingerprint density at radius 3 is 2.70 bits per heavy atom. The van der Waals surface area contributed by atoms with Gasteiger partial charge in [-0.05, 0) is 30.5 Å². The SMILES string of the molecule is CCc1nc2ccc(CC(=O)N3CCN(C(=O)C4CCCO4)CC3)cc2[nH]1. The van der Waals surface area contributed by atoms with Crippen molar-refractivity contribution >= 4 is 22.8 Å². The fourth-order valence-corrected chi connectivity index (χ4v) is 3.83. The van der Waals surface area contributed by atoms with Crippen LogP contribution in [0.15, 0.2) is 18.2 Å². The molecule has 0 saturated carbocycles. The summed E-state index contributed by atoms with van der Waals surface area (Å²) in [5.41, 5.74) is 2.89. The van der Waals surface area contributed by atoms with Gasteiger partial charge in [0.05, 0.1) is 17.5 Å². The second-order valence-electron chi connectivity index (χ2n) is 7.27. The molecule has 1 aromatic carbocycles. The van der Waals surface area contributed by atoms with Gasteiger partial charge < -0.3 is 19.5 Å². The molecule has 2 amide bonds. The van der Waals surface area contributed by atoms with Crippen LogP contribution in [0, 0.1) is 0 Å². The number of nitrogens with zero attached hydrogens (tertiary/aromatic N) is 3. The lowest BCUT2D eigenvalue weighted by Crippen LogP contribution is -2.53. The van der Waals surface area contributed by atoms with Crippen LogP contribution < -0.4 is 0 Å². The first kappa shape index (κ1) is 18.0. The molecular weight excluding hydrogens is 344 g/mol. The fourth-order valence-electron chi connectivity index (χ4n) is 3.83. The average Bonchev–Trinajstić information content (AvgIpc) is 3.36. The van der Waals surface area contributed by atoms with Crippen molar-refractivity contribution in [2.75, 3.05) is 32.8 Å². The maximum Gasteiger partial charge on any atom is 0.251 e. The summed E-state index contributed by atoms with van der Waals surface area (Å²) in [6.45, 7) is 5.08. The van der Waals surface area contributed by atoms with E-state index in [1.54, 1.807) is 0 Å². The van der Waals surface area contributed by atoms with Crippen molar-refractivity contribution in [1.29, 1.82) is 0 Å². The van der Waals surface area contributed by atoms with Crippen LogP contribution in [0.3, 0.4) is 0 Å². The number of carbonyl (C=O) groups excluding carboxylic acids is 2. The number of aromatic amines is 1. The van der Waals surface area contributed by atoms with Gasteiger partial charge in [0.2, 0.25) is 5.91 Å². The standard InChI is InChI=1S/C20H26N4O3/c1-2-18-21-15-6-5-14(12-16(15)22-18)13-19(25)23-7-9-24(10-8-23)20(26)17-4-3-11-27-17/h5-6,12,17H,2-4,7-11,13H2,1H3,(H,21,22). The van der Waals surface area contributed by atoms with Gasteiger partial charge in [-0.1, -0.05) is 13.0 Å². The maximum atomic E-state index is 12.7. The third-order valence-corrected chi connectivity index (χ3v) is 5.43. The highest BCUT2D eigenvalue weighted by Gasteiger charge is 2.31. The van der Waals surface area contributed by atoms with E-state index >= 15 is 0 Å². The number of aromatic nitrogens is 2. The number of ether oxygens (including phenoxy) is 1. The summed E-state index contributed by atoms with van der Waals surface area (Å²) in [5, 5.41) is 0. The molecule has 1 N–H and O–H groups in total. The van der Waals surface area contributed by atoms with Crippen molar-refractivity contribution < 1.29 is 14.3 Å². The molecule has 2 fully saturated rings. The molecular formula is C20H26N4O3. The number of nitrogens with one attached hydrogen (secondary N) is 1. The number of carbonyl (C=O) groups is 2. The Bertz CT molecular complexity index is 833. The lowest BCUT2D eigenvalue weighted by atomic mass is 10.1. The highest BCUT2D eigenvalue weighted by Crippen LogP contribution is 2.18. The van der Waals surface area contributed by atoms with Crippen molar-refractivity contribution in [3.63, 3.8) is 0 Å². The van der Waals surface area contributed by atoms with Crippen molar-refractivity contribution in [2.24, 2.45) is 0 Å². The lowest BCUT2D eigenvalue weighted by molar-refractivity contribution is -0.145. The molecule has 144 valence electrons. The van der Waals surface area contributed by atoms with E-state index in [1.807, 2.05) is 28.0 Å². The molecule has 2 aliphatic heterocycles. The number of amides is 2. The molecule has 7 nitrogen and oxygen atoms in total. The molecule has 0 radical (unpaired) electrons. The van der Waals surface area contributed by atoms with Crippen molar-refractivity contribution in [3.05, 3.63) is 29.6 Å². The molecule has 1 aromatic heterocycles.